The number of carbonyl (C=O) groups excluding carboxylic acids is 1. The number of rotatable bonds is 4. The Morgan fingerprint density at radius 2 is 2.47 bits per heavy atom. The van der Waals surface area contributed by atoms with Gasteiger partial charge in [-0.05, 0) is 30.4 Å². The Bertz CT molecular complexity index is 449. The minimum Gasteiger partial charge on any atom is -0.382 e. The van der Waals surface area contributed by atoms with Crippen molar-refractivity contribution in [1.29, 1.82) is 0 Å². The van der Waals surface area contributed by atoms with Gasteiger partial charge in [0.1, 0.15) is 6.29 Å². The number of carbonyl (C=O) groups is 1. The number of pyridine rings is 1. The summed E-state index contributed by atoms with van der Waals surface area (Å²) in [7, 11) is 1.87. The molecule has 1 N–H and O–H groups in total. The van der Waals surface area contributed by atoms with Crippen LogP contribution >= 0.6 is 12.2 Å². The maximum Gasteiger partial charge on any atom is 0.120 e. The molecule has 1 heterocycles. The van der Waals surface area contributed by atoms with E-state index in [2.05, 4.69) is 16.4 Å². The largest absolute Gasteiger partial charge is 0.382 e. The van der Waals surface area contributed by atoms with Crippen LogP contribution < -0.4 is 5.32 Å². The molecular formula is C15H20N2OS. The Labute approximate surface area is 119 Å². The maximum atomic E-state index is 11.0. The Hall–Kier alpha value is -1.29. The van der Waals surface area contributed by atoms with Gasteiger partial charge in [0, 0.05) is 25.9 Å². The number of aldehydes is 1. The first-order chi connectivity index (χ1) is 9.25. The normalized spacial score (nSPS) is 26.7. The summed E-state index contributed by atoms with van der Waals surface area (Å²) >= 11 is 5.61. The molecule has 0 unspecified atom stereocenters. The monoisotopic (exact) mass is 276 g/mol. The van der Waals surface area contributed by atoms with Crippen molar-refractivity contribution < 1.29 is 4.79 Å². The van der Waals surface area contributed by atoms with Gasteiger partial charge in [0.15, 0.2) is 0 Å². The van der Waals surface area contributed by atoms with Crippen LogP contribution in [0.2, 0.25) is 0 Å². The zero-order valence-electron chi connectivity index (χ0n) is 11.3. The van der Waals surface area contributed by atoms with Crippen LogP contribution in [0.3, 0.4) is 0 Å². The number of hydrogen-bond acceptors (Lipinski definition) is 3. The third kappa shape index (κ3) is 2.54. The van der Waals surface area contributed by atoms with Crippen molar-refractivity contribution in [1.82, 2.24) is 10.3 Å². The molecule has 0 aromatic carbocycles. The van der Waals surface area contributed by atoms with E-state index in [0.717, 1.165) is 36.1 Å². The SMILES string of the molecule is CNC(=S)[C@]1(c2cccnc2)CCCC[C@H]1CC=O. The van der Waals surface area contributed by atoms with Crippen LogP contribution in [0.25, 0.3) is 0 Å². The molecule has 0 amide bonds. The molecule has 1 fully saturated rings. The summed E-state index contributed by atoms with van der Waals surface area (Å²) in [6.07, 6.45) is 9.63. The quantitative estimate of drug-likeness (QED) is 0.678. The lowest BCUT2D eigenvalue weighted by atomic mass is 9.61. The third-order valence-corrected chi connectivity index (χ3v) is 4.83. The average Bonchev–Trinajstić information content (AvgIpc) is 2.48. The lowest BCUT2D eigenvalue weighted by molar-refractivity contribution is -0.109. The molecule has 1 aliphatic carbocycles. The molecular weight excluding hydrogens is 256 g/mol. The zero-order chi connectivity index (χ0) is 13.7. The Morgan fingerprint density at radius 3 is 3.11 bits per heavy atom. The molecule has 2 atom stereocenters. The molecule has 1 aromatic heterocycles. The van der Waals surface area contributed by atoms with Gasteiger partial charge in [-0.3, -0.25) is 4.98 Å². The van der Waals surface area contributed by atoms with Gasteiger partial charge in [-0.15, -0.1) is 0 Å². The zero-order valence-corrected chi connectivity index (χ0v) is 12.1. The summed E-state index contributed by atoms with van der Waals surface area (Å²) in [5, 5.41) is 3.15. The van der Waals surface area contributed by atoms with Crippen LogP contribution in [-0.2, 0) is 10.2 Å². The van der Waals surface area contributed by atoms with Crippen LogP contribution in [0.1, 0.15) is 37.7 Å². The predicted molar refractivity (Wildman–Crippen MR) is 80.2 cm³/mol. The lowest BCUT2D eigenvalue weighted by Gasteiger charge is -2.44. The van der Waals surface area contributed by atoms with Gasteiger partial charge in [0.2, 0.25) is 0 Å². The summed E-state index contributed by atoms with van der Waals surface area (Å²) < 4.78 is 0. The summed E-state index contributed by atoms with van der Waals surface area (Å²) in [5.41, 5.74) is 0.915. The Balaban J connectivity index is 2.48. The standard InChI is InChI=1S/C15H20N2OS/c1-16-14(19)15(13-6-4-9-17-11-13)8-3-2-5-12(15)7-10-18/h4,6,9-12H,2-3,5,7-8H2,1H3,(H,16,19)/t12-,15+/m0/s1. The van der Waals surface area contributed by atoms with Gasteiger partial charge in [-0.25, -0.2) is 0 Å². The Morgan fingerprint density at radius 1 is 1.63 bits per heavy atom. The van der Waals surface area contributed by atoms with Crippen molar-refractivity contribution in [2.24, 2.45) is 5.92 Å². The second-order valence-electron chi connectivity index (χ2n) is 5.14. The van der Waals surface area contributed by atoms with Crippen molar-refractivity contribution in [2.75, 3.05) is 7.05 Å². The van der Waals surface area contributed by atoms with Gasteiger partial charge >= 0.3 is 0 Å². The molecule has 0 aliphatic heterocycles. The highest BCUT2D eigenvalue weighted by Gasteiger charge is 2.45. The van der Waals surface area contributed by atoms with E-state index in [-0.39, 0.29) is 11.3 Å². The van der Waals surface area contributed by atoms with Gasteiger partial charge in [-0.2, -0.15) is 0 Å². The van der Waals surface area contributed by atoms with Crippen LogP contribution in [0.5, 0.6) is 0 Å². The minimum absolute atomic E-state index is 0.225. The van der Waals surface area contributed by atoms with E-state index in [4.69, 9.17) is 12.2 Å². The molecule has 0 bridgehead atoms. The topological polar surface area (TPSA) is 42.0 Å². The van der Waals surface area contributed by atoms with Crippen LogP contribution in [0.15, 0.2) is 24.5 Å². The van der Waals surface area contributed by atoms with Gasteiger partial charge < -0.3 is 10.1 Å². The van der Waals surface area contributed by atoms with Crippen molar-refractivity contribution in [3.8, 4) is 0 Å². The van der Waals surface area contributed by atoms with E-state index >= 15 is 0 Å². The summed E-state index contributed by atoms with van der Waals surface area (Å²) in [6, 6.07) is 4.03. The smallest absolute Gasteiger partial charge is 0.120 e. The van der Waals surface area contributed by atoms with Crippen LogP contribution in [0.4, 0.5) is 0 Å². The fourth-order valence-corrected chi connectivity index (χ4v) is 3.73. The molecule has 1 saturated carbocycles. The van der Waals surface area contributed by atoms with E-state index in [1.165, 1.54) is 6.42 Å². The number of aromatic nitrogens is 1. The van der Waals surface area contributed by atoms with E-state index in [1.807, 2.05) is 19.3 Å². The molecule has 0 spiro atoms. The van der Waals surface area contributed by atoms with Crippen molar-refractivity contribution in [2.45, 2.75) is 37.5 Å². The average molecular weight is 276 g/mol. The predicted octanol–water partition coefficient (Wildman–Crippen LogP) is 2.65. The fraction of sp³-hybridized carbons (Fsp3) is 0.533. The van der Waals surface area contributed by atoms with Gasteiger partial charge in [-0.1, -0.05) is 31.1 Å². The molecule has 3 nitrogen and oxygen atoms in total. The Kier molecular flexibility index (Phi) is 4.64. The maximum absolute atomic E-state index is 11.0. The first kappa shape index (κ1) is 14.1. The molecule has 4 heteroatoms. The van der Waals surface area contributed by atoms with Gasteiger partial charge in [0.05, 0.1) is 10.4 Å². The van der Waals surface area contributed by atoms with Crippen LogP contribution in [-0.4, -0.2) is 23.3 Å². The first-order valence-electron chi connectivity index (χ1n) is 6.82. The van der Waals surface area contributed by atoms with Crippen molar-refractivity contribution >= 4 is 23.5 Å². The molecule has 1 aliphatic rings. The second kappa shape index (κ2) is 6.24. The van der Waals surface area contributed by atoms with Gasteiger partial charge in [0.25, 0.3) is 0 Å². The highest BCUT2D eigenvalue weighted by atomic mass is 32.1. The lowest BCUT2D eigenvalue weighted by Crippen LogP contribution is -2.49. The molecule has 0 radical (unpaired) electrons. The van der Waals surface area contributed by atoms with Crippen molar-refractivity contribution in [3.63, 3.8) is 0 Å². The van der Waals surface area contributed by atoms with E-state index < -0.39 is 0 Å². The van der Waals surface area contributed by atoms with Crippen molar-refractivity contribution in [3.05, 3.63) is 30.1 Å². The van der Waals surface area contributed by atoms with E-state index in [0.29, 0.717) is 6.42 Å². The highest BCUT2D eigenvalue weighted by Crippen LogP contribution is 2.45. The third-order valence-electron chi connectivity index (χ3n) is 4.26. The molecule has 0 saturated heterocycles. The summed E-state index contributed by atoms with van der Waals surface area (Å²) in [5.74, 6) is 0.280. The number of nitrogens with zero attached hydrogens (tertiary/aromatic N) is 1. The fourth-order valence-electron chi connectivity index (χ4n) is 3.34. The number of nitrogens with one attached hydrogen (secondary N) is 1. The molecule has 2 rings (SSSR count). The molecule has 19 heavy (non-hydrogen) atoms. The number of likely N-dealkylation sites (N-methyl/N-ethyl adjacent to an activating group) is 1. The minimum atomic E-state index is -0.225. The second-order valence-corrected chi connectivity index (χ2v) is 5.55. The van der Waals surface area contributed by atoms with Crippen LogP contribution in [0, 0.1) is 5.92 Å². The van der Waals surface area contributed by atoms with E-state index in [9.17, 15) is 4.79 Å². The number of hydrogen-bond donors (Lipinski definition) is 1. The molecule has 102 valence electrons. The van der Waals surface area contributed by atoms with E-state index in [1.54, 1.807) is 6.20 Å². The summed E-state index contributed by atoms with van der Waals surface area (Å²) in [4.78, 5) is 16.1. The first-order valence-corrected chi connectivity index (χ1v) is 7.23. The highest BCUT2D eigenvalue weighted by molar-refractivity contribution is 7.80. The number of thiocarbonyl (C=S) groups is 1. The molecule has 1 aromatic rings. The summed E-state index contributed by atoms with van der Waals surface area (Å²) in [6.45, 7) is 0.